The Morgan fingerprint density at radius 2 is 2.00 bits per heavy atom. The molecule has 17 heavy (non-hydrogen) atoms. The summed E-state index contributed by atoms with van der Waals surface area (Å²) in [5.74, 6) is 0. The summed E-state index contributed by atoms with van der Waals surface area (Å²) < 4.78 is 5.07. The van der Waals surface area contributed by atoms with Crippen LogP contribution in [0.15, 0.2) is 24.5 Å². The molecule has 0 fully saturated rings. The van der Waals surface area contributed by atoms with E-state index in [0.29, 0.717) is 11.8 Å². The van der Waals surface area contributed by atoms with Crippen LogP contribution in [0.5, 0.6) is 0 Å². The largest absolute Gasteiger partial charge is 0.444 e. The molecular formula is C12H16N2O3. The fourth-order valence-electron chi connectivity index (χ4n) is 1.20. The fourth-order valence-corrected chi connectivity index (χ4v) is 1.20. The molecule has 0 aromatic carbocycles. The molecule has 5 heteroatoms. The van der Waals surface area contributed by atoms with Crippen molar-refractivity contribution >= 4 is 12.4 Å². The molecule has 1 heterocycles. The number of carbonyl (C=O) groups is 2. The third-order valence-electron chi connectivity index (χ3n) is 1.87. The molecule has 1 unspecified atom stereocenters. The monoisotopic (exact) mass is 236 g/mol. The number of amides is 1. The van der Waals surface area contributed by atoms with Gasteiger partial charge in [-0.1, -0.05) is 0 Å². The van der Waals surface area contributed by atoms with Crippen molar-refractivity contribution in [2.75, 3.05) is 0 Å². The normalized spacial score (nSPS) is 12.6. The lowest BCUT2D eigenvalue weighted by Crippen LogP contribution is -2.35. The second-order valence-corrected chi connectivity index (χ2v) is 4.54. The number of nitrogens with zero attached hydrogens (tertiary/aromatic N) is 1. The van der Waals surface area contributed by atoms with Crippen LogP contribution in [0.3, 0.4) is 0 Å². The number of aldehydes is 1. The molecule has 1 N–H and O–H groups in total. The van der Waals surface area contributed by atoms with Gasteiger partial charge in [0.1, 0.15) is 17.9 Å². The van der Waals surface area contributed by atoms with E-state index in [2.05, 4.69) is 10.3 Å². The van der Waals surface area contributed by atoms with E-state index in [1.54, 1.807) is 45.3 Å². The minimum atomic E-state index is -0.715. The van der Waals surface area contributed by atoms with Gasteiger partial charge in [-0.2, -0.15) is 0 Å². The predicted molar refractivity (Wildman–Crippen MR) is 62.4 cm³/mol. The number of aromatic nitrogens is 1. The third-order valence-corrected chi connectivity index (χ3v) is 1.87. The average Bonchev–Trinajstić information content (AvgIpc) is 2.24. The van der Waals surface area contributed by atoms with Crippen LogP contribution < -0.4 is 5.32 Å². The molecule has 1 atom stereocenters. The Balaban J connectivity index is 2.66. The molecular weight excluding hydrogens is 220 g/mol. The number of nitrogens with one attached hydrogen (secondary N) is 1. The van der Waals surface area contributed by atoms with Crippen LogP contribution >= 0.6 is 0 Å². The molecule has 1 aromatic rings. The summed E-state index contributed by atoms with van der Waals surface area (Å²) in [5, 5.41) is 2.48. The number of alkyl carbamates (subject to hydrolysis) is 1. The molecule has 0 radical (unpaired) electrons. The Kier molecular flexibility index (Phi) is 4.20. The van der Waals surface area contributed by atoms with Crippen molar-refractivity contribution in [2.24, 2.45) is 0 Å². The van der Waals surface area contributed by atoms with E-state index >= 15 is 0 Å². The summed E-state index contributed by atoms with van der Waals surface area (Å²) in [6.45, 7) is 5.28. The standard InChI is InChI=1S/C12H16N2O3/c1-12(2,3)17-11(16)14-10(8-15)9-4-6-13-7-5-9/h4-8,10H,1-3H3,(H,14,16). The first kappa shape index (κ1) is 13.2. The third kappa shape index (κ3) is 4.63. The Hall–Kier alpha value is -1.91. The van der Waals surface area contributed by atoms with E-state index in [1.165, 1.54) is 0 Å². The lowest BCUT2D eigenvalue weighted by molar-refractivity contribution is -0.109. The van der Waals surface area contributed by atoms with Crippen molar-refractivity contribution in [1.29, 1.82) is 0 Å². The lowest BCUT2D eigenvalue weighted by atomic mass is 10.1. The minimum Gasteiger partial charge on any atom is -0.444 e. The van der Waals surface area contributed by atoms with Crippen molar-refractivity contribution in [3.8, 4) is 0 Å². The number of ether oxygens (including phenoxy) is 1. The highest BCUT2D eigenvalue weighted by atomic mass is 16.6. The zero-order chi connectivity index (χ0) is 12.9. The molecule has 0 spiro atoms. The van der Waals surface area contributed by atoms with Crippen LogP contribution in [0.1, 0.15) is 32.4 Å². The van der Waals surface area contributed by atoms with Gasteiger partial charge in [-0.3, -0.25) is 4.98 Å². The van der Waals surface area contributed by atoms with Crippen LogP contribution in [-0.2, 0) is 9.53 Å². The fraction of sp³-hybridized carbons (Fsp3) is 0.417. The average molecular weight is 236 g/mol. The molecule has 0 bridgehead atoms. The summed E-state index contributed by atoms with van der Waals surface area (Å²) in [5.41, 5.74) is 0.0799. The molecule has 0 aliphatic rings. The van der Waals surface area contributed by atoms with Crippen LogP contribution in [-0.4, -0.2) is 23.0 Å². The molecule has 0 aliphatic carbocycles. The first-order valence-electron chi connectivity index (χ1n) is 5.27. The minimum absolute atomic E-state index is 0.588. The van der Waals surface area contributed by atoms with Crippen LogP contribution in [0.25, 0.3) is 0 Å². The van der Waals surface area contributed by atoms with Crippen molar-refractivity contribution in [3.05, 3.63) is 30.1 Å². The molecule has 0 aliphatic heterocycles. The smallest absolute Gasteiger partial charge is 0.408 e. The number of pyridine rings is 1. The lowest BCUT2D eigenvalue weighted by Gasteiger charge is -2.21. The number of hydrogen-bond acceptors (Lipinski definition) is 4. The number of hydrogen-bond donors (Lipinski definition) is 1. The summed E-state index contributed by atoms with van der Waals surface area (Å²) in [6.07, 6.45) is 3.15. The summed E-state index contributed by atoms with van der Waals surface area (Å²) in [7, 11) is 0. The van der Waals surface area contributed by atoms with Gasteiger partial charge in [0, 0.05) is 12.4 Å². The molecule has 5 nitrogen and oxygen atoms in total. The van der Waals surface area contributed by atoms with Crippen molar-refractivity contribution in [1.82, 2.24) is 10.3 Å². The Bertz CT molecular complexity index is 384. The highest BCUT2D eigenvalue weighted by molar-refractivity contribution is 5.74. The Labute approximate surface area is 100 Å². The summed E-state index contributed by atoms with van der Waals surface area (Å²) in [4.78, 5) is 26.3. The summed E-state index contributed by atoms with van der Waals surface area (Å²) >= 11 is 0. The first-order chi connectivity index (χ1) is 7.92. The van der Waals surface area contributed by atoms with Gasteiger partial charge in [0.2, 0.25) is 0 Å². The van der Waals surface area contributed by atoms with Gasteiger partial charge >= 0.3 is 6.09 Å². The quantitative estimate of drug-likeness (QED) is 0.813. The topological polar surface area (TPSA) is 68.3 Å². The van der Waals surface area contributed by atoms with Gasteiger partial charge in [0.05, 0.1) is 0 Å². The van der Waals surface area contributed by atoms with Gasteiger partial charge in [-0.25, -0.2) is 4.79 Å². The number of carbonyl (C=O) groups excluding carboxylic acids is 2. The molecule has 0 saturated heterocycles. The predicted octanol–water partition coefficient (Wildman–Crippen LogP) is 1.85. The molecule has 1 amide bonds. The molecule has 92 valence electrons. The van der Waals surface area contributed by atoms with Gasteiger partial charge in [0.25, 0.3) is 0 Å². The first-order valence-corrected chi connectivity index (χ1v) is 5.27. The van der Waals surface area contributed by atoms with Gasteiger partial charge in [-0.15, -0.1) is 0 Å². The van der Waals surface area contributed by atoms with Crippen molar-refractivity contribution in [3.63, 3.8) is 0 Å². The van der Waals surface area contributed by atoms with E-state index in [4.69, 9.17) is 4.74 Å². The second kappa shape index (κ2) is 5.43. The van der Waals surface area contributed by atoms with Gasteiger partial charge < -0.3 is 14.8 Å². The van der Waals surface area contributed by atoms with E-state index in [0.717, 1.165) is 0 Å². The van der Waals surface area contributed by atoms with Crippen LogP contribution in [0, 0.1) is 0 Å². The highest BCUT2D eigenvalue weighted by Crippen LogP contribution is 2.11. The van der Waals surface area contributed by atoms with Crippen LogP contribution in [0.2, 0.25) is 0 Å². The van der Waals surface area contributed by atoms with Gasteiger partial charge in [0.15, 0.2) is 0 Å². The SMILES string of the molecule is CC(C)(C)OC(=O)NC(C=O)c1ccncc1. The number of rotatable bonds is 3. The molecule has 1 aromatic heterocycles. The Morgan fingerprint density at radius 1 is 1.41 bits per heavy atom. The molecule has 1 rings (SSSR count). The Morgan fingerprint density at radius 3 is 2.47 bits per heavy atom. The van der Waals surface area contributed by atoms with E-state index in [9.17, 15) is 9.59 Å². The maximum absolute atomic E-state index is 11.5. The van der Waals surface area contributed by atoms with Gasteiger partial charge in [-0.05, 0) is 38.5 Å². The van der Waals surface area contributed by atoms with E-state index in [-0.39, 0.29) is 0 Å². The van der Waals surface area contributed by atoms with E-state index < -0.39 is 17.7 Å². The second-order valence-electron chi connectivity index (χ2n) is 4.54. The maximum Gasteiger partial charge on any atom is 0.408 e. The zero-order valence-electron chi connectivity index (χ0n) is 10.1. The van der Waals surface area contributed by atoms with E-state index in [1.807, 2.05) is 0 Å². The summed E-state index contributed by atoms with van der Waals surface area (Å²) in [6, 6.07) is 2.61. The zero-order valence-corrected chi connectivity index (χ0v) is 10.1. The van der Waals surface area contributed by atoms with Crippen molar-refractivity contribution in [2.45, 2.75) is 32.4 Å². The van der Waals surface area contributed by atoms with Crippen molar-refractivity contribution < 1.29 is 14.3 Å². The molecule has 0 saturated carbocycles. The van der Waals surface area contributed by atoms with Crippen LogP contribution in [0.4, 0.5) is 4.79 Å². The maximum atomic E-state index is 11.5. The highest BCUT2D eigenvalue weighted by Gasteiger charge is 2.19.